The van der Waals surface area contributed by atoms with Crippen molar-refractivity contribution < 1.29 is 4.74 Å². The summed E-state index contributed by atoms with van der Waals surface area (Å²) in [6.45, 7) is 6.40. The Hall–Kier alpha value is -1.40. The first kappa shape index (κ1) is 18.0. The maximum Gasteiger partial charge on any atom is 0.224 e. The Bertz CT molecular complexity index is 555. The largest absolute Gasteiger partial charge is 0.381 e. The van der Waals surface area contributed by atoms with Crippen molar-refractivity contribution in [2.24, 2.45) is 0 Å². The van der Waals surface area contributed by atoms with E-state index in [-0.39, 0.29) is 0 Å². The highest BCUT2D eigenvalue weighted by molar-refractivity contribution is 5.43. The van der Waals surface area contributed by atoms with Gasteiger partial charge in [0, 0.05) is 51.1 Å². The normalized spacial score (nSPS) is 26.5. The molecule has 1 atom stereocenters. The maximum atomic E-state index is 5.53. The lowest BCUT2D eigenvalue weighted by Gasteiger charge is -2.40. The van der Waals surface area contributed by atoms with E-state index >= 15 is 0 Å². The molecule has 0 spiro atoms. The van der Waals surface area contributed by atoms with Gasteiger partial charge in [-0.25, -0.2) is 4.98 Å². The summed E-state index contributed by atoms with van der Waals surface area (Å²) in [6, 6.07) is 3.20. The van der Waals surface area contributed by atoms with E-state index in [1.807, 2.05) is 6.20 Å². The van der Waals surface area contributed by atoms with E-state index in [9.17, 15) is 0 Å². The van der Waals surface area contributed by atoms with Gasteiger partial charge in [-0.3, -0.25) is 4.90 Å². The molecule has 1 N–H and O–H groups in total. The Kier molecular flexibility index (Phi) is 6.22. The van der Waals surface area contributed by atoms with Crippen LogP contribution in [0.15, 0.2) is 12.3 Å². The molecular formula is C20H33N5O. The number of ether oxygens (including phenoxy) is 1. The predicted octanol–water partition coefficient (Wildman–Crippen LogP) is 2.91. The molecule has 0 radical (unpaired) electrons. The number of hydrogen-bond acceptors (Lipinski definition) is 6. The number of hydrogen-bond donors (Lipinski definition) is 1. The van der Waals surface area contributed by atoms with Gasteiger partial charge >= 0.3 is 0 Å². The second kappa shape index (κ2) is 9.00. The fourth-order valence-corrected chi connectivity index (χ4v) is 4.58. The summed E-state index contributed by atoms with van der Waals surface area (Å²) in [7, 11) is 0. The van der Waals surface area contributed by atoms with E-state index in [4.69, 9.17) is 9.72 Å². The summed E-state index contributed by atoms with van der Waals surface area (Å²) in [5.41, 5.74) is 0. The van der Waals surface area contributed by atoms with Crippen LogP contribution >= 0.6 is 0 Å². The zero-order valence-electron chi connectivity index (χ0n) is 15.9. The van der Waals surface area contributed by atoms with Gasteiger partial charge < -0.3 is 15.0 Å². The van der Waals surface area contributed by atoms with Gasteiger partial charge in [-0.1, -0.05) is 12.8 Å². The van der Waals surface area contributed by atoms with Gasteiger partial charge in [0.25, 0.3) is 0 Å². The van der Waals surface area contributed by atoms with Gasteiger partial charge in [-0.05, 0) is 51.1 Å². The SMILES string of the molecule is c1cc(N2CCCCCC2)nc(N[C@H]2CCCN(C3CCOCC3)C2)n1. The molecule has 1 aromatic heterocycles. The number of anilines is 2. The van der Waals surface area contributed by atoms with E-state index in [2.05, 4.69) is 26.2 Å². The molecule has 0 aliphatic carbocycles. The molecule has 6 heteroatoms. The van der Waals surface area contributed by atoms with Crippen LogP contribution in [0.4, 0.5) is 11.8 Å². The van der Waals surface area contributed by atoms with Crippen LogP contribution in [0.1, 0.15) is 51.4 Å². The summed E-state index contributed by atoms with van der Waals surface area (Å²) in [5.74, 6) is 1.88. The van der Waals surface area contributed by atoms with Crippen LogP contribution < -0.4 is 10.2 Å². The van der Waals surface area contributed by atoms with E-state index in [0.29, 0.717) is 12.1 Å². The molecule has 0 bridgehead atoms. The van der Waals surface area contributed by atoms with Crippen LogP contribution in [0, 0.1) is 0 Å². The molecule has 0 amide bonds. The van der Waals surface area contributed by atoms with Gasteiger partial charge in [0.1, 0.15) is 5.82 Å². The number of nitrogens with zero attached hydrogens (tertiary/aromatic N) is 4. The molecule has 26 heavy (non-hydrogen) atoms. The van der Waals surface area contributed by atoms with Crippen LogP contribution in [0.3, 0.4) is 0 Å². The molecule has 4 heterocycles. The molecule has 0 aromatic carbocycles. The van der Waals surface area contributed by atoms with E-state index < -0.39 is 0 Å². The van der Waals surface area contributed by atoms with E-state index in [1.54, 1.807) is 0 Å². The third kappa shape index (κ3) is 4.65. The number of aromatic nitrogens is 2. The lowest BCUT2D eigenvalue weighted by atomic mass is 10.00. The van der Waals surface area contributed by atoms with Crippen molar-refractivity contribution in [1.82, 2.24) is 14.9 Å². The van der Waals surface area contributed by atoms with Gasteiger partial charge in [0.15, 0.2) is 0 Å². The van der Waals surface area contributed by atoms with Crippen molar-refractivity contribution in [3.8, 4) is 0 Å². The summed E-state index contributed by atoms with van der Waals surface area (Å²) < 4.78 is 5.53. The molecular weight excluding hydrogens is 326 g/mol. The second-order valence-electron chi connectivity index (χ2n) is 7.96. The standard InChI is InChI=1S/C20H33N5O/c1-2-4-12-24(11-3-1)19-7-10-21-20(23-19)22-17-6-5-13-25(16-17)18-8-14-26-15-9-18/h7,10,17-18H,1-6,8-9,11-16H2,(H,21,22,23)/t17-/m0/s1. The molecule has 3 aliphatic heterocycles. The van der Waals surface area contributed by atoms with Crippen LogP contribution in [-0.4, -0.2) is 66.3 Å². The molecule has 1 aromatic rings. The van der Waals surface area contributed by atoms with Crippen LogP contribution in [0.2, 0.25) is 0 Å². The lowest BCUT2D eigenvalue weighted by Crippen LogP contribution is -2.49. The quantitative estimate of drug-likeness (QED) is 0.892. The summed E-state index contributed by atoms with van der Waals surface area (Å²) in [4.78, 5) is 14.4. The molecule has 4 rings (SSSR count). The van der Waals surface area contributed by atoms with Gasteiger partial charge in [0.2, 0.25) is 5.95 Å². The average molecular weight is 360 g/mol. The fourth-order valence-electron chi connectivity index (χ4n) is 4.58. The average Bonchev–Trinajstić information content (AvgIpc) is 2.99. The fraction of sp³-hybridized carbons (Fsp3) is 0.800. The maximum absolute atomic E-state index is 5.53. The topological polar surface area (TPSA) is 53.5 Å². The zero-order chi connectivity index (χ0) is 17.6. The first-order chi connectivity index (χ1) is 12.9. The minimum Gasteiger partial charge on any atom is -0.381 e. The van der Waals surface area contributed by atoms with Crippen molar-refractivity contribution >= 4 is 11.8 Å². The van der Waals surface area contributed by atoms with Crippen molar-refractivity contribution in [1.29, 1.82) is 0 Å². The Morgan fingerprint density at radius 2 is 1.77 bits per heavy atom. The van der Waals surface area contributed by atoms with Crippen LogP contribution in [0.5, 0.6) is 0 Å². The first-order valence-corrected chi connectivity index (χ1v) is 10.5. The van der Waals surface area contributed by atoms with Gasteiger partial charge in [-0.2, -0.15) is 4.98 Å². The Morgan fingerprint density at radius 1 is 0.962 bits per heavy atom. The van der Waals surface area contributed by atoms with Crippen LogP contribution in [-0.2, 0) is 4.74 Å². The van der Waals surface area contributed by atoms with Crippen LogP contribution in [0.25, 0.3) is 0 Å². The Labute approximate surface area is 157 Å². The number of piperidine rings is 1. The number of nitrogens with one attached hydrogen (secondary N) is 1. The van der Waals surface area contributed by atoms with Gasteiger partial charge in [0.05, 0.1) is 0 Å². The summed E-state index contributed by atoms with van der Waals surface area (Å²) >= 11 is 0. The Balaban J connectivity index is 1.36. The van der Waals surface area contributed by atoms with E-state index in [0.717, 1.165) is 44.6 Å². The monoisotopic (exact) mass is 359 g/mol. The zero-order valence-corrected chi connectivity index (χ0v) is 15.9. The lowest BCUT2D eigenvalue weighted by molar-refractivity contribution is 0.0255. The highest BCUT2D eigenvalue weighted by atomic mass is 16.5. The first-order valence-electron chi connectivity index (χ1n) is 10.5. The smallest absolute Gasteiger partial charge is 0.224 e. The summed E-state index contributed by atoms with van der Waals surface area (Å²) in [5, 5.41) is 3.62. The molecule has 0 saturated carbocycles. The number of likely N-dealkylation sites (tertiary alicyclic amines) is 1. The minimum atomic E-state index is 0.450. The third-order valence-electron chi connectivity index (χ3n) is 6.06. The molecule has 3 aliphatic rings. The second-order valence-corrected chi connectivity index (χ2v) is 7.96. The summed E-state index contributed by atoms with van der Waals surface area (Å²) in [6.07, 6.45) is 12.0. The third-order valence-corrected chi connectivity index (χ3v) is 6.06. The molecule has 3 saturated heterocycles. The molecule has 6 nitrogen and oxygen atoms in total. The van der Waals surface area contributed by atoms with Crippen molar-refractivity contribution in [2.75, 3.05) is 49.6 Å². The minimum absolute atomic E-state index is 0.450. The highest BCUT2D eigenvalue weighted by Gasteiger charge is 2.27. The molecule has 3 fully saturated rings. The van der Waals surface area contributed by atoms with E-state index in [1.165, 1.54) is 57.9 Å². The molecule has 144 valence electrons. The van der Waals surface area contributed by atoms with Crippen molar-refractivity contribution in [2.45, 2.75) is 63.5 Å². The molecule has 0 unspecified atom stereocenters. The predicted molar refractivity (Wildman–Crippen MR) is 105 cm³/mol. The van der Waals surface area contributed by atoms with Gasteiger partial charge in [-0.15, -0.1) is 0 Å². The Morgan fingerprint density at radius 3 is 2.58 bits per heavy atom. The number of rotatable bonds is 4. The van der Waals surface area contributed by atoms with Crippen molar-refractivity contribution in [3.63, 3.8) is 0 Å². The highest BCUT2D eigenvalue weighted by Crippen LogP contribution is 2.22. The van der Waals surface area contributed by atoms with Crippen molar-refractivity contribution in [3.05, 3.63) is 12.3 Å².